The summed E-state index contributed by atoms with van der Waals surface area (Å²) in [6.07, 6.45) is 0.833. The minimum Gasteiger partial charge on any atom is -0.465 e. The summed E-state index contributed by atoms with van der Waals surface area (Å²) in [4.78, 5) is 0. The maximum atomic E-state index is 6.31. The van der Waals surface area contributed by atoms with Crippen LogP contribution in [0.3, 0.4) is 0 Å². The minimum absolute atomic E-state index is 0.166. The van der Waals surface area contributed by atoms with Crippen LogP contribution in [0.2, 0.25) is 5.02 Å². The molecule has 102 valence electrons. The Morgan fingerprint density at radius 2 is 2.00 bits per heavy atom. The van der Waals surface area contributed by atoms with E-state index in [-0.39, 0.29) is 6.04 Å². The van der Waals surface area contributed by atoms with Crippen molar-refractivity contribution in [2.75, 3.05) is 6.54 Å². The van der Waals surface area contributed by atoms with E-state index in [0.29, 0.717) is 0 Å². The lowest BCUT2D eigenvalue weighted by Crippen LogP contribution is -2.22. The zero-order valence-electron chi connectivity index (χ0n) is 11.7. The van der Waals surface area contributed by atoms with E-state index in [4.69, 9.17) is 16.0 Å². The van der Waals surface area contributed by atoms with Crippen molar-refractivity contribution < 1.29 is 4.42 Å². The Hall–Kier alpha value is -1.25. The number of aryl methyl sites for hydroxylation is 2. The van der Waals surface area contributed by atoms with Crippen LogP contribution in [-0.4, -0.2) is 6.54 Å². The molecule has 0 saturated carbocycles. The van der Waals surface area contributed by atoms with E-state index in [1.807, 2.05) is 32.0 Å². The SMILES string of the molecule is CCNC(Cc1ccc(C)cc1Cl)c1ccc(C)o1. The van der Waals surface area contributed by atoms with Gasteiger partial charge in [0.2, 0.25) is 0 Å². The van der Waals surface area contributed by atoms with E-state index in [2.05, 4.69) is 24.4 Å². The summed E-state index contributed by atoms with van der Waals surface area (Å²) in [5.41, 5.74) is 2.33. The van der Waals surface area contributed by atoms with Crippen LogP contribution in [0, 0.1) is 13.8 Å². The lowest BCUT2D eigenvalue weighted by molar-refractivity contribution is 0.403. The van der Waals surface area contributed by atoms with Gasteiger partial charge in [-0.1, -0.05) is 30.7 Å². The molecule has 0 amide bonds. The number of rotatable bonds is 5. The van der Waals surface area contributed by atoms with Crippen molar-refractivity contribution in [3.8, 4) is 0 Å². The molecule has 0 fully saturated rings. The number of likely N-dealkylation sites (N-methyl/N-ethyl adjacent to an activating group) is 1. The van der Waals surface area contributed by atoms with E-state index in [0.717, 1.165) is 35.1 Å². The van der Waals surface area contributed by atoms with Gasteiger partial charge in [-0.2, -0.15) is 0 Å². The molecule has 2 aromatic rings. The molecule has 1 atom stereocenters. The van der Waals surface area contributed by atoms with Crippen molar-refractivity contribution in [1.29, 1.82) is 0 Å². The Labute approximate surface area is 119 Å². The van der Waals surface area contributed by atoms with Gasteiger partial charge in [0.1, 0.15) is 11.5 Å². The number of nitrogens with one attached hydrogen (secondary N) is 1. The molecule has 1 aromatic carbocycles. The topological polar surface area (TPSA) is 25.2 Å². The molecule has 1 heterocycles. The zero-order chi connectivity index (χ0) is 13.8. The van der Waals surface area contributed by atoms with Gasteiger partial charge in [0, 0.05) is 5.02 Å². The van der Waals surface area contributed by atoms with Gasteiger partial charge in [0.05, 0.1) is 6.04 Å². The molecule has 2 rings (SSSR count). The predicted octanol–water partition coefficient (Wildman–Crippen LogP) is 4.44. The maximum absolute atomic E-state index is 6.31. The molecular weight excluding hydrogens is 258 g/mol. The standard InChI is InChI=1S/C16H20ClNO/c1-4-18-15(16-8-6-12(3)19-16)10-13-7-5-11(2)9-14(13)17/h5-9,15,18H,4,10H2,1-3H3. The molecule has 1 unspecified atom stereocenters. The zero-order valence-corrected chi connectivity index (χ0v) is 12.4. The molecule has 0 aliphatic heterocycles. The quantitative estimate of drug-likeness (QED) is 0.874. The molecular formula is C16H20ClNO. The Balaban J connectivity index is 2.21. The lowest BCUT2D eigenvalue weighted by Gasteiger charge is -2.16. The Morgan fingerprint density at radius 1 is 1.21 bits per heavy atom. The molecule has 0 spiro atoms. The van der Waals surface area contributed by atoms with Crippen LogP contribution in [0.5, 0.6) is 0 Å². The highest BCUT2D eigenvalue weighted by molar-refractivity contribution is 6.31. The fraction of sp³-hybridized carbons (Fsp3) is 0.375. The molecule has 0 saturated heterocycles. The molecule has 3 heteroatoms. The summed E-state index contributed by atoms with van der Waals surface area (Å²) in [6.45, 7) is 7.01. The molecule has 0 aliphatic carbocycles. The van der Waals surface area contributed by atoms with E-state index >= 15 is 0 Å². The highest BCUT2D eigenvalue weighted by atomic mass is 35.5. The van der Waals surface area contributed by atoms with Crippen LogP contribution in [0.15, 0.2) is 34.7 Å². The van der Waals surface area contributed by atoms with Crippen LogP contribution >= 0.6 is 11.6 Å². The molecule has 0 aliphatic rings. The summed E-state index contributed by atoms with van der Waals surface area (Å²) in [6, 6.07) is 10.4. The molecule has 1 N–H and O–H groups in total. The van der Waals surface area contributed by atoms with Gasteiger partial charge in [0.15, 0.2) is 0 Å². The highest BCUT2D eigenvalue weighted by Crippen LogP contribution is 2.25. The van der Waals surface area contributed by atoms with Gasteiger partial charge >= 0.3 is 0 Å². The lowest BCUT2D eigenvalue weighted by atomic mass is 10.0. The Bertz CT molecular complexity index is 547. The summed E-state index contributed by atoms with van der Waals surface area (Å²) in [5.74, 6) is 1.91. The fourth-order valence-electron chi connectivity index (χ4n) is 2.20. The van der Waals surface area contributed by atoms with Gasteiger partial charge < -0.3 is 9.73 Å². The van der Waals surface area contributed by atoms with Crippen LogP contribution in [-0.2, 0) is 6.42 Å². The van der Waals surface area contributed by atoms with E-state index in [9.17, 15) is 0 Å². The first-order valence-electron chi connectivity index (χ1n) is 6.65. The second-order valence-electron chi connectivity index (χ2n) is 4.86. The minimum atomic E-state index is 0.166. The van der Waals surface area contributed by atoms with Gasteiger partial charge in [0.25, 0.3) is 0 Å². The summed E-state index contributed by atoms with van der Waals surface area (Å²) in [7, 11) is 0. The second kappa shape index (κ2) is 6.27. The smallest absolute Gasteiger partial charge is 0.121 e. The summed E-state index contributed by atoms with van der Waals surface area (Å²) >= 11 is 6.31. The van der Waals surface area contributed by atoms with Gasteiger partial charge in [-0.05, 0) is 56.1 Å². The molecule has 0 bridgehead atoms. The van der Waals surface area contributed by atoms with Crippen LogP contribution in [0.4, 0.5) is 0 Å². The largest absolute Gasteiger partial charge is 0.465 e. The van der Waals surface area contributed by atoms with Gasteiger partial charge in [-0.3, -0.25) is 0 Å². The predicted molar refractivity (Wildman–Crippen MR) is 79.8 cm³/mol. The number of hydrogen-bond acceptors (Lipinski definition) is 2. The van der Waals surface area contributed by atoms with Crippen molar-refractivity contribution in [1.82, 2.24) is 5.32 Å². The molecule has 19 heavy (non-hydrogen) atoms. The number of halogens is 1. The molecule has 2 nitrogen and oxygen atoms in total. The normalized spacial score (nSPS) is 12.6. The molecule has 1 aromatic heterocycles. The first kappa shape index (κ1) is 14.2. The average Bonchev–Trinajstić information content (AvgIpc) is 2.78. The third kappa shape index (κ3) is 3.62. The molecule has 0 radical (unpaired) electrons. The van der Waals surface area contributed by atoms with Gasteiger partial charge in [-0.25, -0.2) is 0 Å². The number of hydrogen-bond donors (Lipinski definition) is 1. The van der Waals surface area contributed by atoms with Crippen molar-refractivity contribution in [3.05, 3.63) is 58.0 Å². The summed E-state index contributed by atoms with van der Waals surface area (Å²) in [5, 5.41) is 4.28. The third-order valence-electron chi connectivity index (χ3n) is 3.19. The Kier molecular flexibility index (Phi) is 4.67. The second-order valence-corrected chi connectivity index (χ2v) is 5.26. The van der Waals surface area contributed by atoms with Crippen LogP contribution in [0.1, 0.15) is 35.6 Å². The maximum Gasteiger partial charge on any atom is 0.121 e. The number of furan rings is 1. The van der Waals surface area contributed by atoms with Crippen LogP contribution in [0.25, 0.3) is 0 Å². The summed E-state index contributed by atoms with van der Waals surface area (Å²) < 4.78 is 5.73. The fourth-order valence-corrected chi connectivity index (χ4v) is 2.51. The van der Waals surface area contributed by atoms with E-state index in [1.54, 1.807) is 0 Å². The van der Waals surface area contributed by atoms with Crippen molar-refractivity contribution >= 4 is 11.6 Å². The Morgan fingerprint density at radius 3 is 2.58 bits per heavy atom. The van der Waals surface area contributed by atoms with E-state index < -0.39 is 0 Å². The monoisotopic (exact) mass is 277 g/mol. The first-order chi connectivity index (χ1) is 9.10. The first-order valence-corrected chi connectivity index (χ1v) is 7.02. The van der Waals surface area contributed by atoms with Crippen molar-refractivity contribution in [3.63, 3.8) is 0 Å². The van der Waals surface area contributed by atoms with Crippen molar-refractivity contribution in [2.45, 2.75) is 33.2 Å². The third-order valence-corrected chi connectivity index (χ3v) is 3.54. The van der Waals surface area contributed by atoms with Crippen LogP contribution < -0.4 is 5.32 Å². The highest BCUT2D eigenvalue weighted by Gasteiger charge is 2.16. The van der Waals surface area contributed by atoms with Gasteiger partial charge in [-0.15, -0.1) is 0 Å². The van der Waals surface area contributed by atoms with Crippen molar-refractivity contribution in [2.24, 2.45) is 0 Å². The number of benzene rings is 1. The van der Waals surface area contributed by atoms with E-state index in [1.165, 1.54) is 5.56 Å². The average molecular weight is 278 g/mol.